The summed E-state index contributed by atoms with van der Waals surface area (Å²) in [5.41, 5.74) is 3.58. The van der Waals surface area contributed by atoms with E-state index in [9.17, 15) is 4.79 Å². The van der Waals surface area contributed by atoms with Crippen molar-refractivity contribution in [2.24, 2.45) is 5.92 Å². The van der Waals surface area contributed by atoms with E-state index in [1.54, 1.807) is 10.7 Å². The van der Waals surface area contributed by atoms with Crippen molar-refractivity contribution in [1.29, 1.82) is 0 Å². The predicted molar refractivity (Wildman–Crippen MR) is 130 cm³/mol. The SMILES string of the molecule is CC1(C)CN(c2cccc3oc(-c4cnc5ccc(OC[C@@H]6CCC(=O)C6)nn45)cc23)CCN1. The third kappa shape index (κ3) is 3.92. The summed E-state index contributed by atoms with van der Waals surface area (Å²) in [6.45, 7) is 7.79. The van der Waals surface area contributed by atoms with Crippen molar-refractivity contribution in [2.75, 3.05) is 31.1 Å². The van der Waals surface area contributed by atoms with Gasteiger partial charge in [-0.05, 0) is 44.5 Å². The van der Waals surface area contributed by atoms with E-state index >= 15 is 0 Å². The van der Waals surface area contributed by atoms with E-state index in [-0.39, 0.29) is 11.5 Å². The highest BCUT2D eigenvalue weighted by Crippen LogP contribution is 2.35. The first-order valence-electron chi connectivity index (χ1n) is 12.0. The van der Waals surface area contributed by atoms with E-state index in [1.165, 1.54) is 5.69 Å². The smallest absolute Gasteiger partial charge is 0.231 e. The van der Waals surface area contributed by atoms with Crippen molar-refractivity contribution >= 4 is 28.1 Å². The number of hydrogen-bond acceptors (Lipinski definition) is 7. The van der Waals surface area contributed by atoms with Crippen LogP contribution >= 0.6 is 0 Å². The van der Waals surface area contributed by atoms with Crippen LogP contribution in [0.3, 0.4) is 0 Å². The van der Waals surface area contributed by atoms with Crippen LogP contribution in [0, 0.1) is 5.92 Å². The summed E-state index contributed by atoms with van der Waals surface area (Å²) in [5.74, 6) is 1.83. The third-order valence-electron chi connectivity index (χ3n) is 6.86. The Hall–Kier alpha value is -3.39. The highest BCUT2D eigenvalue weighted by molar-refractivity contribution is 5.94. The number of anilines is 1. The first-order chi connectivity index (χ1) is 16.4. The van der Waals surface area contributed by atoms with Crippen LogP contribution in [-0.2, 0) is 4.79 Å². The number of furan rings is 1. The Kier molecular flexibility index (Phi) is 5.06. The van der Waals surface area contributed by atoms with E-state index < -0.39 is 0 Å². The Labute approximate surface area is 197 Å². The van der Waals surface area contributed by atoms with Gasteiger partial charge in [-0.15, -0.1) is 5.10 Å². The number of fused-ring (bicyclic) bond motifs is 2. The summed E-state index contributed by atoms with van der Waals surface area (Å²) in [6, 6.07) is 12.0. The predicted octanol–water partition coefficient (Wildman–Crippen LogP) is 4.08. The lowest BCUT2D eigenvalue weighted by Crippen LogP contribution is -2.57. The number of imidazole rings is 1. The van der Waals surface area contributed by atoms with Gasteiger partial charge in [0.25, 0.3) is 0 Å². The lowest BCUT2D eigenvalue weighted by molar-refractivity contribution is -0.117. The number of carbonyl (C=O) groups is 1. The van der Waals surface area contributed by atoms with Gasteiger partial charge in [-0.1, -0.05) is 6.07 Å². The lowest BCUT2D eigenvalue weighted by atomic mass is 10.0. The maximum atomic E-state index is 11.5. The molecular formula is C26H29N5O3. The summed E-state index contributed by atoms with van der Waals surface area (Å²) < 4.78 is 14.0. The van der Waals surface area contributed by atoms with Crippen LogP contribution in [0.1, 0.15) is 33.1 Å². The Morgan fingerprint density at radius 2 is 2.18 bits per heavy atom. The maximum Gasteiger partial charge on any atom is 0.231 e. The Morgan fingerprint density at radius 1 is 1.26 bits per heavy atom. The van der Waals surface area contributed by atoms with Gasteiger partial charge in [-0.2, -0.15) is 0 Å². The zero-order chi connectivity index (χ0) is 23.3. The van der Waals surface area contributed by atoms with E-state index in [1.807, 2.05) is 24.3 Å². The lowest BCUT2D eigenvalue weighted by Gasteiger charge is -2.40. The molecule has 0 radical (unpaired) electrons. The average Bonchev–Trinajstić information content (AvgIpc) is 3.54. The molecule has 8 nitrogen and oxygen atoms in total. The van der Waals surface area contributed by atoms with Gasteiger partial charge in [0.05, 0.1) is 12.8 Å². The Balaban J connectivity index is 1.31. The van der Waals surface area contributed by atoms with Crippen molar-refractivity contribution in [1.82, 2.24) is 19.9 Å². The zero-order valence-electron chi connectivity index (χ0n) is 19.6. The van der Waals surface area contributed by atoms with Crippen LogP contribution in [0.15, 0.2) is 47.0 Å². The van der Waals surface area contributed by atoms with Crippen LogP contribution in [0.25, 0.3) is 28.1 Å². The molecule has 1 atom stereocenters. The van der Waals surface area contributed by atoms with Gasteiger partial charge in [0.1, 0.15) is 17.1 Å². The maximum absolute atomic E-state index is 11.5. The van der Waals surface area contributed by atoms with Crippen LogP contribution in [-0.4, -0.2) is 52.2 Å². The van der Waals surface area contributed by atoms with Crippen LogP contribution in [0.4, 0.5) is 5.69 Å². The van der Waals surface area contributed by atoms with Crippen molar-refractivity contribution in [3.8, 4) is 17.3 Å². The molecule has 3 aromatic heterocycles. The molecule has 2 aliphatic rings. The molecule has 4 heterocycles. The fourth-order valence-corrected chi connectivity index (χ4v) is 5.13. The van der Waals surface area contributed by atoms with E-state index in [4.69, 9.17) is 9.15 Å². The Bertz CT molecular complexity index is 1370. The summed E-state index contributed by atoms with van der Waals surface area (Å²) in [6.07, 6.45) is 3.94. The molecule has 8 heteroatoms. The fraction of sp³-hybridized carbons (Fsp3) is 0.423. The monoisotopic (exact) mass is 459 g/mol. The quantitative estimate of drug-likeness (QED) is 0.481. The minimum absolute atomic E-state index is 0.0563. The molecule has 1 aromatic carbocycles. The molecule has 0 unspecified atom stereocenters. The molecule has 0 amide bonds. The number of Topliss-reactive ketones (excluding diaryl/α,β-unsaturated/α-hetero) is 1. The number of ketones is 1. The standard InChI is InChI=1S/C26H29N5O3/c1-26(2)16-30(11-10-28-26)20-4-3-5-22-19(20)13-23(34-22)21-14-27-24-8-9-25(29-31(21)24)33-15-17-6-7-18(32)12-17/h3-5,8-9,13-14,17,28H,6-7,10-12,15-16H2,1-2H3/t17-/m1/s1. The Morgan fingerprint density at radius 3 is 3.00 bits per heavy atom. The average molecular weight is 460 g/mol. The summed E-state index contributed by atoms with van der Waals surface area (Å²) in [7, 11) is 0. The number of rotatable bonds is 5. The molecule has 1 N–H and O–H groups in total. The second-order valence-electron chi connectivity index (χ2n) is 10.1. The largest absolute Gasteiger partial charge is 0.476 e. The second kappa shape index (κ2) is 8.13. The topological polar surface area (TPSA) is 84.9 Å². The molecule has 0 spiro atoms. The number of carbonyl (C=O) groups excluding carboxylic acids is 1. The number of ether oxygens (including phenoxy) is 1. The van der Waals surface area contributed by atoms with E-state index in [0.29, 0.717) is 31.1 Å². The normalized spacial score (nSPS) is 20.5. The molecule has 0 bridgehead atoms. The van der Waals surface area contributed by atoms with Gasteiger partial charge in [0, 0.05) is 61.1 Å². The van der Waals surface area contributed by atoms with Crippen molar-refractivity contribution < 1.29 is 13.9 Å². The van der Waals surface area contributed by atoms with Crippen molar-refractivity contribution in [2.45, 2.75) is 38.6 Å². The van der Waals surface area contributed by atoms with Gasteiger partial charge in [-0.3, -0.25) is 4.79 Å². The molecule has 2 fully saturated rings. The first kappa shape index (κ1) is 21.2. The first-order valence-corrected chi connectivity index (χ1v) is 12.0. The van der Waals surface area contributed by atoms with Gasteiger partial charge in [0.15, 0.2) is 11.4 Å². The summed E-state index contributed by atoms with van der Waals surface area (Å²) in [5, 5.41) is 9.32. The minimum Gasteiger partial charge on any atom is -0.476 e. The van der Waals surface area contributed by atoms with Gasteiger partial charge in [0.2, 0.25) is 5.88 Å². The van der Waals surface area contributed by atoms with Crippen LogP contribution in [0.5, 0.6) is 5.88 Å². The summed E-state index contributed by atoms with van der Waals surface area (Å²) >= 11 is 0. The fourth-order valence-electron chi connectivity index (χ4n) is 5.13. The van der Waals surface area contributed by atoms with Gasteiger partial charge in [-0.25, -0.2) is 9.50 Å². The highest BCUT2D eigenvalue weighted by Gasteiger charge is 2.27. The molecule has 1 saturated carbocycles. The molecule has 34 heavy (non-hydrogen) atoms. The van der Waals surface area contributed by atoms with Gasteiger partial charge >= 0.3 is 0 Å². The highest BCUT2D eigenvalue weighted by atomic mass is 16.5. The van der Waals surface area contributed by atoms with Crippen LogP contribution < -0.4 is 15.0 Å². The third-order valence-corrected chi connectivity index (χ3v) is 6.86. The molecule has 6 rings (SSSR count). The second-order valence-corrected chi connectivity index (χ2v) is 10.1. The molecule has 1 aliphatic carbocycles. The number of piperazine rings is 1. The molecular weight excluding hydrogens is 430 g/mol. The zero-order valence-corrected chi connectivity index (χ0v) is 19.6. The van der Waals surface area contributed by atoms with E-state index in [2.05, 4.69) is 46.3 Å². The number of benzene rings is 1. The van der Waals surface area contributed by atoms with E-state index in [0.717, 1.165) is 54.1 Å². The van der Waals surface area contributed by atoms with Crippen LogP contribution in [0.2, 0.25) is 0 Å². The number of hydrogen-bond donors (Lipinski definition) is 1. The molecule has 1 aliphatic heterocycles. The minimum atomic E-state index is 0.0563. The molecule has 1 saturated heterocycles. The van der Waals surface area contributed by atoms with Crippen molar-refractivity contribution in [3.05, 3.63) is 42.6 Å². The number of aromatic nitrogens is 3. The summed E-state index contributed by atoms with van der Waals surface area (Å²) in [4.78, 5) is 18.5. The van der Waals surface area contributed by atoms with Gasteiger partial charge < -0.3 is 19.4 Å². The molecule has 176 valence electrons. The number of nitrogens with zero attached hydrogens (tertiary/aromatic N) is 4. The van der Waals surface area contributed by atoms with Crippen molar-refractivity contribution in [3.63, 3.8) is 0 Å². The molecule has 4 aromatic rings. The number of nitrogens with one attached hydrogen (secondary N) is 1.